The van der Waals surface area contributed by atoms with Crippen LogP contribution < -0.4 is 4.90 Å². The van der Waals surface area contributed by atoms with Crippen molar-refractivity contribution in [3.05, 3.63) is 65.9 Å². The van der Waals surface area contributed by atoms with Crippen molar-refractivity contribution >= 4 is 45.5 Å². The quantitative estimate of drug-likeness (QED) is 0.310. The summed E-state index contributed by atoms with van der Waals surface area (Å²) in [5.74, 6) is 0.868. The van der Waals surface area contributed by atoms with Crippen LogP contribution in [0.1, 0.15) is 0 Å². The first-order valence-electron chi connectivity index (χ1n) is 8.76. The van der Waals surface area contributed by atoms with E-state index in [1.54, 1.807) is 22.3 Å². The summed E-state index contributed by atoms with van der Waals surface area (Å²) in [6, 6.07) is 13.9. The normalized spacial score (nSPS) is 10.8. The number of H-pyrrole nitrogens is 1. The van der Waals surface area contributed by atoms with Crippen molar-refractivity contribution in [2.75, 3.05) is 17.2 Å². The van der Waals surface area contributed by atoms with Crippen molar-refractivity contribution < 1.29 is 4.79 Å². The number of aromatic nitrogens is 4. The largest absolute Gasteiger partial charge is 0.284 e. The first-order valence-corrected chi connectivity index (χ1v) is 11.5. The Morgan fingerprint density at radius 3 is 2.79 bits per heavy atom. The Hall–Kier alpha value is -2.75. The van der Waals surface area contributed by atoms with Gasteiger partial charge >= 0.3 is 0 Å². The molecule has 0 atom stereocenters. The zero-order valence-electron chi connectivity index (χ0n) is 15.3. The van der Waals surface area contributed by atoms with Crippen LogP contribution >= 0.6 is 34.4 Å². The Morgan fingerprint density at radius 1 is 1.17 bits per heavy atom. The van der Waals surface area contributed by atoms with E-state index in [0.29, 0.717) is 22.7 Å². The van der Waals surface area contributed by atoms with Crippen LogP contribution in [0.4, 0.5) is 5.13 Å². The van der Waals surface area contributed by atoms with Crippen LogP contribution in [0, 0.1) is 0 Å². The molecule has 4 rings (SSSR count). The number of thioether (sulfide) groups is 1. The number of rotatable bonds is 8. The van der Waals surface area contributed by atoms with Crippen LogP contribution in [0.2, 0.25) is 0 Å². The van der Waals surface area contributed by atoms with Crippen LogP contribution in [0.5, 0.6) is 0 Å². The molecule has 3 heterocycles. The van der Waals surface area contributed by atoms with Gasteiger partial charge in [0, 0.05) is 17.5 Å². The molecule has 146 valence electrons. The summed E-state index contributed by atoms with van der Waals surface area (Å²) in [5, 5.41) is 12.3. The predicted molar refractivity (Wildman–Crippen MR) is 121 cm³/mol. The van der Waals surface area contributed by atoms with Gasteiger partial charge in [0.25, 0.3) is 0 Å². The standard InChI is InChI=1S/C20H17N5OS3/c1-2-10-25(20-21-15(12-29-20)14-7-4-3-5-8-14)17(26)13-28-19-22-18(23-24-19)16-9-6-11-27-16/h2-9,11-12H,1,10,13H2,(H,22,23,24). The molecule has 9 heteroatoms. The Bertz CT molecular complexity index is 1090. The number of aromatic amines is 1. The monoisotopic (exact) mass is 439 g/mol. The second kappa shape index (κ2) is 9.17. The Morgan fingerprint density at radius 2 is 2.03 bits per heavy atom. The summed E-state index contributed by atoms with van der Waals surface area (Å²) in [6.07, 6.45) is 1.70. The van der Waals surface area contributed by atoms with Crippen LogP contribution in [0.15, 0.2) is 71.0 Å². The molecular weight excluding hydrogens is 422 g/mol. The van der Waals surface area contributed by atoms with Gasteiger partial charge in [-0.25, -0.2) is 9.97 Å². The fourth-order valence-electron chi connectivity index (χ4n) is 2.58. The van der Waals surface area contributed by atoms with Gasteiger partial charge < -0.3 is 0 Å². The lowest BCUT2D eigenvalue weighted by atomic mass is 10.2. The molecule has 29 heavy (non-hydrogen) atoms. The fourth-order valence-corrected chi connectivity index (χ4v) is 4.78. The molecule has 0 fully saturated rings. The molecule has 0 aliphatic rings. The number of nitrogens with zero attached hydrogens (tertiary/aromatic N) is 4. The van der Waals surface area contributed by atoms with Gasteiger partial charge in [0.05, 0.1) is 16.3 Å². The van der Waals surface area contributed by atoms with E-state index in [1.807, 2.05) is 53.2 Å². The van der Waals surface area contributed by atoms with Crippen molar-refractivity contribution in [3.8, 4) is 22.0 Å². The zero-order chi connectivity index (χ0) is 20.1. The van der Waals surface area contributed by atoms with Crippen LogP contribution in [-0.4, -0.2) is 38.4 Å². The maximum atomic E-state index is 12.8. The van der Waals surface area contributed by atoms with E-state index < -0.39 is 0 Å². The molecule has 0 aliphatic carbocycles. The zero-order valence-corrected chi connectivity index (χ0v) is 17.8. The van der Waals surface area contributed by atoms with Crippen LogP contribution in [0.25, 0.3) is 22.0 Å². The van der Waals surface area contributed by atoms with E-state index in [2.05, 4.69) is 26.7 Å². The molecule has 0 aliphatic heterocycles. The summed E-state index contributed by atoms with van der Waals surface area (Å²) in [5.41, 5.74) is 1.88. The number of hydrogen-bond acceptors (Lipinski definition) is 7. The molecule has 4 aromatic rings. The number of hydrogen-bond donors (Lipinski definition) is 1. The SMILES string of the molecule is C=CCN(C(=O)CSc1n[nH]c(-c2cccs2)n1)c1nc(-c2ccccc2)cs1. The number of thiazole rings is 1. The average molecular weight is 440 g/mol. The van der Waals surface area contributed by atoms with Crippen molar-refractivity contribution in [2.24, 2.45) is 0 Å². The third kappa shape index (κ3) is 4.64. The van der Waals surface area contributed by atoms with Gasteiger partial charge in [-0.1, -0.05) is 54.2 Å². The Kier molecular flexibility index (Phi) is 6.18. The van der Waals surface area contributed by atoms with Gasteiger partial charge in [0.1, 0.15) is 0 Å². The molecule has 0 saturated heterocycles. The van der Waals surface area contributed by atoms with Crippen molar-refractivity contribution in [3.63, 3.8) is 0 Å². The summed E-state index contributed by atoms with van der Waals surface area (Å²) < 4.78 is 0. The van der Waals surface area contributed by atoms with Crippen LogP contribution in [-0.2, 0) is 4.79 Å². The highest BCUT2D eigenvalue weighted by atomic mass is 32.2. The fraction of sp³-hybridized carbons (Fsp3) is 0.100. The molecule has 0 spiro atoms. The lowest BCUT2D eigenvalue weighted by molar-refractivity contribution is -0.116. The number of thiophene rings is 1. The highest BCUT2D eigenvalue weighted by Crippen LogP contribution is 2.28. The minimum absolute atomic E-state index is 0.0636. The van der Waals surface area contributed by atoms with Gasteiger partial charge in [-0.2, -0.15) is 0 Å². The number of nitrogens with one attached hydrogen (secondary N) is 1. The first kappa shape index (κ1) is 19.6. The van der Waals surface area contributed by atoms with E-state index in [4.69, 9.17) is 0 Å². The molecule has 1 N–H and O–H groups in total. The molecule has 0 unspecified atom stereocenters. The molecule has 0 saturated carbocycles. The molecule has 1 aromatic carbocycles. The molecule has 1 amide bonds. The Labute approximate surface area is 180 Å². The van der Waals surface area contributed by atoms with Gasteiger partial charge in [0.15, 0.2) is 11.0 Å². The molecule has 0 bridgehead atoms. The first-order chi connectivity index (χ1) is 14.2. The third-order valence-corrected chi connectivity index (χ3v) is 6.52. The maximum Gasteiger partial charge on any atom is 0.239 e. The lowest BCUT2D eigenvalue weighted by Gasteiger charge is -2.17. The topological polar surface area (TPSA) is 74.8 Å². The van der Waals surface area contributed by atoms with Crippen molar-refractivity contribution in [1.29, 1.82) is 0 Å². The second-order valence-electron chi connectivity index (χ2n) is 5.91. The Balaban J connectivity index is 1.44. The number of anilines is 1. The molecule has 3 aromatic heterocycles. The number of carbonyl (C=O) groups is 1. The molecule has 6 nitrogen and oxygen atoms in total. The number of benzene rings is 1. The second-order valence-corrected chi connectivity index (χ2v) is 8.63. The molecule has 0 radical (unpaired) electrons. The smallest absolute Gasteiger partial charge is 0.239 e. The minimum Gasteiger partial charge on any atom is -0.284 e. The lowest BCUT2D eigenvalue weighted by Crippen LogP contribution is -2.32. The predicted octanol–water partition coefficient (Wildman–Crippen LogP) is 4.97. The van der Waals surface area contributed by atoms with Gasteiger partial charge in [-0.3, -0.25) is 14.8 Å². The molecular formula is C20H17N5OS3. The summed E-state index contributed by atoms with van der Waals surface area (Å²) in [7, 11) is 0. The van der Waals surface area contributed by atoms with Gasteiger partial charge in [-0.05, 0) is 11.4 Å². The van der Waals surface area contributed by atoms with E-state index in [0.717, 1.165) is 16.1 Å². The van der Waals surface area contributed by atoms with E-state index in [1.165, 1.54) is 23.1 Å². The van der Waals surface area contributed by atoms with Crippen molar-refractivity contribution in [2.45, 2.75) is 5.16 Å². The number of carbonyl (C=O) groups excluding carboxylic acids is 1. The minimum atomic E-state index is -0.0636. The summed E-state index contributed by atoms with van der Waals surface area (Å²) in [4.78, 5) is 24.6. The average Bonchev–Trinajstić information content (AvgIpc) is 3.52. The third-order valence-electron chi connectivity index (χ3n) is 3.95. The van der Waals surface area contributed by atoms with E-state index >= 15 is 0 Å². The summed E-state index contributed by atoms with van der Waals surface area (Å²) in [6.45, 7) is 4.17. The van der Waals surface area contributed by atoms with E-state index in [9.17, 15) is 4.79 Å². The van der Waals surface area contributed by atoms with E-state index in [-0.39, 0.29) is 11.7 Å². The summed E-state index contributed by atoms with van der Waals surface area (Å²) >= 11 is 4.33. The van der Waals surface area contributed by atoms with Crippen LogP contribution in [0.3, 0.4) is 0 Å². The van der Waals surface area contributed by atoms with Gasteiger partial charge in [-0.15, -0.1) is 34.4 Å². The van der Waals surface area contributed by atoms with Gasteiger partial charge in [0.2, 0.25) is 11.1 Å². The maximum absolute atomic E-state index is 12.8. The highest BCUT2D eigenvalue weighted by molar-refractivity contribution is 7.99. The number of amides is 1. The van der Waals surface area contributed by atoms with Crippen molar-refractivity contribution in [1.82, 2.24) is 20.2 Å². The highest BCUT2D eigenvalue weighted by Gasteiger charge is 2.19.